The molecule has 1 unspecified atom stereocenters. The molecule has 2 heterocycles. The van der Waals surface area contributed by atoms with Crippen LogP contribution in [0.25, 0.3) is 0 Å². The average Bonchev–Trinajstić information content (AvgIpc) is 3.38. The summed E-state index contributed by atoms with van der Waals surface area (Å²) >= 11 is 1.20. The summed E-state index contributed by atoms with van der Waals surface area (Å²) in [5.74, 6) is 0.523. The number of rotatable bonds is 6. The molecule has 1 aliphatic rings. The van der Waals surface area contributed by atoms with Crippen LogP contribution < -0.4 is 14.4 Å². The minimum absolute atomic E-state index is 0.0496. The molecular formula is C23H25N3O4S2. The highest BCUT2D eigenvalue weighted by molar-refractivity contribution is 7.93. The van der Waals surface area contributed by atoms with E-state index in [2.05, 4.69) is 30.5 Å². The lowest BCUT2D eigenvalue weighted by molar-refractivity contribution is -0.122. The molecule has 3 aromatic rings. The van der Waals surface area contributed by atoms with E-state index in [-0.39, 0.29) is 16.2 Å². The van der Waals surface area contributed by atoms with Gasteiger partial charge < -0.3 is 9.64 Å². The number of sulfonamides is 1. The smallest absolute Gasteiger partial charge is 0.268 e. The van der Waals surface area contributed by atoms with Crippen LogP contribution >= 0.6 is 11.3 Å². The maximum Gasteiger partial charge on any atom is 0.268 e. The third kappa shape index (κ3) is 4.78. The zero-order valence-electron chi connectivity index (χ0n) is 18.1. The van der Waals surface area contributed by atoms with E-state index in [1.807, 2.05) is 24.3 Å². The second-order valence-corrected chi connectivity index (χ2v) is 11.2. The van der Waals surface area contributed by atoms with Crippen LogP contribution in [-0.4, -0.2) is 32.0 Å². The van der Waals surface area contributed by atoms with Crippen LogP contribution in [0.1, 0.15) is 32.8 Å². The molecule has 1 atom stereocenters. The molecule has 0 bridgehead atoms. The van der Waals surface area contributed by atoms with Crippen LogP contribution in [0.4, 0.5) is 10.8 Å². The Morgan fingerprint density at radius 1 is 1.09 bits per heavy atom. The predicted molar refractivity (Wildman–Crippen MR) is 126 cm³/mol. The van der Waals surface area contributed by atoms with Crippen molar-refractivity contribution in [2.24, 2.45) is 0 Å². The Kier molecular flexibility index (Phi) is 5.96. The van der Waals surface area contributed by atoms with E-state index in [4.69, 9.17) is 4.74 Å². The highest BCUT2D eigenvalue weighted by Gasteiger charge is 2.34. The minimum Gasteiger partial charge on any atom is -0.481 e. The van der Waals surface area contributed by atoms with Crippen molar-refractivity contribution in [2.45, 2.75) is 43.6 Å². The first-order valence-corrected chi connectivity index (χ1v) is 12.6. The summed E-state index contributed by atoms with van der Waals surface area (Å²) in [5, 5.41) is 2.00. The molecule has 168 valence electrons. The topological polar surface area (TPSA) is 88.6 Å². The van der Waals surface area contributed by atoms with Gasteiger partial charge >= 0.3 is 0 Å². The molecule has 7 nitrogen and oxygen atoms in total. The Balaban J connectivity index is 1.42. The van der Waals surface area contributed by atoms with Crippen LogP contribution in [0, 0.1) is 0 Å². The number of hydrogen-bond acceptors (Lipinski definition) is 6. The molecule has 1 saturated heterocycles. The van der Waals surface area contributed by atoms with Gasteiger partial charge in [-0.1, -0.05) is 32.9 Å². The number of nitrogens with one attached hydrogen (secondary N) is 1. The van der Waals surface area contributed by atoms with E-state index in [1.165, 1.54) is 35.2 Å². The number of ether oxygens (including phenoxy) is 1. The third-order valence-electron chi connectivity index (χ3n) is 5.27. The fraction of sp³-hybridized carbons (Fsp3) is 0.304. The number of amides is 1. The standard InChI is InChI=1S/C23H25N3O4S2/c1-23(2,3)16-4-8-18(9-5-16)30-20-12-14-26(21(20)27)17-6-10-19(11-7-17)32(28,29)25-22-24-13-15-31-22/h4-11,13,15,20H,12,14H2,1-3H3,(H,24,25). The summed E-state index contributed by atoms with van der Waals surface area (Å²) < 4.78 is 33.4. The Morgan fingerprint density at radius 3 is 2.38 bits per heavy atom. The molecule has 32 heavy (non-hydrogen) atoms. The van der Waals surface area contributed by atoms with Crippen molar-refractivity contribution in [2.75, 3.05) is 16.2 Å². The zero-order valence-corrected chi connectivity index (χ0v) is 19.7. The zero-order chi connectivity index (χ0) is 22.9. The fourth-order valence-electron chi connectivity index (χ4n) is 3.47. The van der Waals surface area contributed by atoms with Crippen molar-refractivity contribution in [3.05, 3.63) is 65.7 Å². The lowest BCUT2D eigenvalue weighted by Crippen LogP contribution is -2.32. The summed E-state index contributed by atoms with van der Waals surface area (Å²) in [4.78, 5) is 18.6. The second kappa shape index (κ2) is 8.55. The number of nitrogens with zero attached hydrogens (tertiary/aromatic N) is 2. The molecular weight excluding hydrogens is 446 g/mol. The van der Waals surface area contributed by atoms with E-state index >= 15 is 0 Å². The van der Waals surface area contributed by atoms with Crippen molar-refractivity contribution in [1.29, 1.82) is 0 Å². The number of carbonyl (C=O) groups excluding carboxylic acids is 1. The summed E-state index contributed by atoms with van der Waals surface area (Å²) in [7, 11) is -3.73. The molecule has 0 radical (unpaired) electrons. The summed E-state index contributed by atoms with van der Waals surface area (Å²) in [6.45, 7) is 6.94. The van der Waals surface area contributed by atoms with Gasteiger partial charge in [-0.15, -0.1) is 11.3 Å². The van der Waals surface area contributed by atoms with Gasteiger partial charge in [-0.2, -0.15) is 0 Å². The SMILES string of the molecule is CC(C)(C)c1ccc(OC2CCN(c3ccc(S(=O)(=O)Nc4nccs4)cc3)C2=O)cc1. The van der Waals surface area contributed by atoms with Gasteiger partial charge in [0.25, 0.3) is 15.9 Å². The molecule has 1 N–H and O–H groups in total. The largest absolute Gasteiger partial charge is 0.481 e. The van der Waals surface area contributed by atoms with E-state index in [9.17, 15) is 13.2 Å². The van der Waals surface area contributed by atoms with E-state index in [0.29, 0.717) is 29.5 Å². The maximum absolute atomic E-state index is 12.9. The lowest BCUT2D eigenvalue weighted by Gasteiger charge is -2.20. The summed E-state index contributed by atoms with van der Waals surface area (Å²) in [5.41, 5.74) is 1.88. The van der Waals surface area contributed by atoms with Gasteiger partial charge in [0.1, 0.15) is 5.75 Å². The Bertz CT molecular complexity index is 1180. The highest BCUT2D eigenvalue weighted by Crippen LogP contribution is 2.28. The van der Waals surface area contributed by atoms with Gasteiger partial charge in [0, 0.05) is 30.2 Å². The van der Waals surface area contributed by atoms with Crippen molar-refractivity contribution < 1.29 is 17.9 Å². The quantitative estimate of drug-likeness (QED) is 0.575. The number of aromatic nitrogens is 1. The Hall–Kier alpha value is -2.91. The van der Waals surface area contributed by atoms with Crippen molar-refractivity contribution in [3.63, 3.8) is 0 Å². The third-order valence-corrected chi connectivity index (χ3v) is 7.44. The molecule has 1 aromatic heterocycles. The molecule has 1 amide bonds. The lowest BCUT2D eigenvalue weighted by atomic mass is 9.87. The van der Waals surface area contributed by atoms with Crippen molar-refractivity contribution >= 4 is 38.1 Å². The van der Waals surface area contributed by atoms with Gasteiger partial charge in [0.2, 0.25) is 0 Å². The van der Waals surface area contributed by atoms with Crippen molar-refractivity contribution in [3.8, 4) is 5.75 Å². The Labute approximate surface area is 192 Å². The normalized spacial score (nSPS) is 16.9. The molecule has 0 spiro atoms. The van der Waals surface area contributed by atoms with E-state index < -0.39 is 16.1 Å². The van der Waals surface area contributed by atoms with Crippen LogP contribution in [0.2, 0.25) is 0 Å². The first kappa shape index (κ1) is 22.3. The first-order valence-electron chi connectivity index (χ1n) is 10.2. The number of benzene rings is 2. The van der Waals surface area contributed by atoms with Crippen molar-refractivity contribution in [1.82, 2.24) is 4.98 Å². The van der Waals surface area contributed by atoms with Gasteiger partial charge in [-0.3, -0.25) is 9.52 Å². The monoisotopic (exact) mass is 471 g/mol. The molecule has 0 aliphatic carbocycles. The Morgan fingerprint density at radius 2 is 1.78 bits per heavy atom. The maximum atomic E-state index is 12.9. The minimum atomic E-state index is -3.73. The molecule has 9 heteroatoms. The predicted octanol–water partition coefficient (Wildman–Crippen LogP) is 4.43. The van der Waals surface area contributed by atoms with Crippen LogP contribution in [0.15, 0.2) is 65.0 Å². The molecule has 2 aromatic carbocycles. The van der Waals surface area contributed by atoms with Gasteiger partial charge in [0.15, 0.2) is 11.2 Å². The van der Waals surface area contributed by atoms with E-state index in [1.54, 1.807) is 22.4 Å². The number of hydrogen-bond donors (Lipinski definition) is 1. The van der Waals surface area contributed by atoms with E-state index in [0.717, 1.165) is 0 Å². The number of anilines is 2. The van der Waals surface area contributed by atoms with Crippen LogP contribution in [0.3, 0.4) is 0 Å². The van der Waals surface area contributed by atoms with Crippen LogP contribution in [-0.2, 0) is 20.2 Å². The summed E-state index contributed by atoms with van der Waals surface area (Å²) in [6.07, 6.45) is 1.53. The molecule has 1 fully saturated rings. The number of thiazole rings is 1. The van der Waals surface area contributed by atoms with Gasteiger partial charge in [-0.05, 0) is 47.4 Å². The molecule has 4 rings (SSSR count). The average molecular weight is 472 g/mol. The summed E-state index contributed by atoms with van der Waals surface area (Å²) in [6, 6.07) is 14.1. The second-order valence-electron chi connectivity index (χ2n) is 8.60. The fourth-order valence-corrected chi connectivity index (χ4v) is 5.26. The first-order chi connectivity index (χ1) is 15.1. The van der Waals surface area contributed by atoms with Crippen LogP contribution in [0.5, 0.6) is 5.75 Å². The van der Waals surface area contributed by atoms with Gasteiger partial charge in [0.05, 0.1) is 4.90 Å². The highest BCUT2D eigenvalue weighted by atomic mass is 32.2. The molecule has 0 saturated carbocycles. The molecule has 1 aliphatic heterocycles. The number of carbonyl (C=O) groups is 1. The van der Waals surface area contributed by atoms with Gasteiger partial charge in [-0.25, -0.2) is 13.4 Å².